The van der Waals surface area contributed by atoms with Crippen molar-refractivity contribution in [3.63, 3.8) is 0 Å². The number of likely N-dealkylation sites (tertiary alicyclic amines) is 1. The average molecular weight is 329 g/mol. The second-order valence-electron chi connectivity index (χ2n) is 5.48. The van der Waals surface area contributed by atoms with E-state index in [1.54, 1.807) is 0 Å². The van der Waals surface area contributed by atoms with Crippen molar-refractivity contribution in [1.82, 2.24) is 20.0 Å². The van der Waals surface area contributed by atoms with Gasteiger partial charge in [-0.25, -0.2) is 0 Å². The molecule has 1 aliphatic rings. The topological polar surface area (TPSA) is 33.1 Å². The number of nitrogens with zero attached hydrogens (tertiary/aromatic N) is 3. The minimum Gasteiger partial charge on any atom is -0.311 e. The first-order valence-corrected chi connectivity index (χ1v) is 8.02. The third-order valence-electron chi connectivity index (χ3n) is 4.14. The van der Waals surface area contributed by atoms with Crippen LogP contribution in [0.5, 0.6) is 0 Å². The van der Waals surface area contributed by atoms with Crippen molar-refractivity contribution in [2.45, 2.75) is 33.2 Å². The Morgan fingerprint density at radius 2 is 2.05 bits per heavy atom. The van der Waals surface area contributed by atoms with E-state index in [0.717, 1.165) is 29.2 Å². The zero-order valence-corrected chi connectivity index (χ0v) is 13.8. The fourth-order valence-electron chi connectivity index (χ4n) is 2.77. The van der Waals surface area contributed by atoms with Gasteiger partial charge in [0.15, 0.2) is 0 Å². The quantitative estimate of drug-likeness (QED) is 0.900. The first-order chi connectivity index (χ1) is 9.11. The van der Waals surface area contributed by atoms with Gasteiger partial charge < -0.3 is 10.2 Å². The molecule has 2 heterocycles. The highest BCUT2D eigenvalue weighted by Crippen LogP contribution is 2.20. The molecule has 0 amide bonds. The largest absolute Gasteiger partial charge is 0.311 e. The number of hydrogen-bond donors (Lipinski definition) is 1. The lowest BCUT2D eigenvalue weighted by molar-refractivity contribution is 0.190. The summed E-state index contributed by atoms with van der Waals surface area (Å²) in [6.45, 7) is 10.0. The lowest BCUT2D eigenvalue weighted by atomic mass is 9.97. The summed E-state index contributed by atoms with van der Waals surface area (Å²) in [5.74, 6) is 0.830. The Labute approximate surface area is 124 Å². The molecule has 19 heavy (non-hydrogen) atoms. The maximum atomic E-state index is 4.42. The Kier molecular flexibility index (Phi) is 5.42. The van der Waals surface area contributed by atoms with Crippen LogP contribution in [0, 0.1) is 12.8 Å². The molecule has 0 aliphatic carbocycles. The van der Waals surface area contributed by atoms with Crippen LogP contribution >= 0.6 is 15.9 Å². The molecule has 1 N–H and O–H groups in total. The predicted molar refractivity (Wildman–Crippen MR) is 82.2 cm³/mol. The van der Waals surface area contributed by atoms with E-state index in [-0.39, 0.29) is 0 Å². The normalized spacial score (nSPS) is 18.1. The minimum absolute atomic E-state index is 0.830. The first-order valence-electron chi connectivity index (χ1n) is 7.22. The third kappa shape index (κ3) is 3.80. The maximum absolute atomic E-state index is 4.42. The molecular weight excluding hydrogens is 304 g/mol. The monoisotopic (exact) mass is 328 g/mol. The molecule has 0 atom stereocenters. The number of aromatic nitrogens is 2. The van der Waals surface area contributed by atoms with Gasteiger partial charge in [-0.3, -0.25) is 4.68 Å². The maximum Gasteiger partial charge on any atom is 0.0739 e. The van der Waals surface area contributed by atoms with E-state index >= 15 is 0 Å². The Bertz CT molecular complexity index is 408. The summed E-state index contributed by atoms with van der Waals surface area (Å²) in [6.07, 6.45) is 2.65. The molecule has 0 radical (unpaired) electrons. The molecule has 1 aromatic heterocycles. The number of rotatable bonds is 5. The zero-order chi connectivity index (χ0) is 13.8. The highest BCUT2D eigenvalue weighted by molar-refractivity contribution is 9.10. The van der Waals surface area contributed by atoms with Crippen molar-refractivity contribution in [3.05, 3.63) is 15.9 Å². The van der Waals surface area contributed by atoms with Gasteiger partial charge in [-0.15, -0.1) is 0 Å². The Balaban J connectivity index is 1.75. The predicted octanol–water partition coefficient (Wildman–Crippen LogP) is 2.31. The molecule has 0 unspecified atom stereocenters. The zero-order valence-electron chi connectivity index (χ0n) is 12.2. The molecular formula is C14H25BrN4. The molecule has 0 aromatic carbocycles. The molecule has 1 aromatic rings. The summed E-state index contributed by atoms with van der Waals surface area (Å²) in [7, 11) is 2.01. The van der Waals surface area contributed by atoms with Crippen LogP contribution in [0.1, 0.15) is 31.2 Å². The Morgan fingerprint density at radius 1 is 1.37 bits per heavy atom. The van der Waals surface area contributed by atoms with Crippen LogP contribution in [0.4, 0.5) is 0 Å². The molecule has 1 saturated heterocycles. The second-order valence-corrected chi connectivity index (χ2v) is 6.27. The Morgan fingerprint density at radius 3 is 2.58 bits per heavy atom. The van der Waals surface area contributed by atoms with Gasteiger partial charge in [0.05, 0.1) is 15.9 Å². The lowest BCUT2D eigenvalue weighted by Gasteiger charge is -2.31. The summed E-state index contributed by atoms with van der Waals surface area (Å²) >= 11 is 3.61. The molecule has 5 heteroatoms. The van der Waals surface area contributed by atoms with Crippen LogP contribution in [0.15, 0.2) is 4.47 Å². The number of halogens is 1. The van der Waals surface area contributed by atoms with E-state index < -0.39 is 0 Å². The third-order valence-corrected chi connectivity index (χ3v) is 5.17. The van der Waals surface area contributed by atoms with Crippen LogP contribution in [0.3, 0.4) is 0 Å². The van der Waals surface area contributed by atoms with Crippen LogP contribution in [-0.4, -0.2) is 40.9 Å². The van der Waals surface area contributed by atoms with Gasteiger partial charge in [-0.05, 0) is 67.8 Å². The van der Waals surface area contributed by atoms with Gasteiger partial charge in [0, 0.05) is 13.6 Å². The van der Waals surface area contributed by atoms with Crippen LogP contribution in [0.25, 0.3) is 0 Å². The van der Waals surface area contributed by atoms with Crippen LogP contribution < -0.4 is 5.32 Å². The summed E-state index contributed by atoms with van der Waals surface area (Å²) in [5, 5.41) is 8.01. The van der Waals surface area contributed by atoms with E-state index in [4.69, 9.17) is 0 Å². The summed E-state index contributed by atoms with van der Waals surface area (Å²) in [5.41, 5.74) is 2.30. The van der Waals surface area contributed by atoms with Crippen LogP contribution in [-0.2, 0) is 13.6 Å². The Hall–Kier alpha value is -0.390. The second kappa shape index (κ2) is 6.86. The molecule has 108 valence electrons. The first kappa shape index (κ1) is 15.0. The lowest BCUT2D eigenvalue weighted by Crippen LogP contribution is -2.37. The fraction of sp³-hybridized carbons (Fsp3) is 0.786. The van der Waals surface area contributed by atoms with Crippen molar-refractivity contribution < 1.29 is 0 Å². The smallest absolute Gasteiger partial charge is 0.0739 e. The number of aryl methyl sites for hydroxylation is 2. The summed E-state index contributed by atoms with van der Waals surface area (Å²) in [6, 6.07) is 0. The molecule has 1 aliphatic heterocycles. The van der Waals surface area contributed by atoms with Crippen molar-refractivity contribution in [2.24, 2.45) is 13.0 Å². The highest BCUT2D eigenvalue weighted by Gasteiger charge is 2.18. The number of nitrogens with one attached hydrogen (secondary N) is 1. The van der Waals surface area contributed by atoms with Gasteiger partial charge in [-0.1, -0.05) is 6.92 Å². The van der Waals surface area contributed by atoms with E-state index in [1.807, 2.05) is 18.7 Å². The van der Waals surface area contributed by atoms with Crippen molar-refractivity contribution in [1.29, 1.82) is 0 Å². The van der Waals surface area contributed by atoms with E-state index in [1.165, 1.54) is 38.2 Å². The fourth-order valence-corrected chi connectivity index (χ4v) is 3.25. The van der Waals surface area contributed by atoms with E-state index in [9.17, 15) is 0 Å². The molecule has 0 spiro atoms. The molecule has 4 nitrogen and oxygen atoms in total. The van der Waals surface area contributed by atoms with E-state index in [0.29, 0.717) is 0 Å². The molecule has 0 saturated carbocycles. The van der Waals surface area contributed by atoms with Gasteiger partial charge in [0.25, 0.3) is 0 Å². The van der Waals surface area contributed by atoms with Gasteiger partial charge in [0.1, 0.15) is 0 Å². The average Bonchev–Trinajstić information content (AvgIpc) is 2.66. The molecule has 2 rings (SSSR count). The SMILES string of the molecule is CCN1CCC(CNCc2c(Br)c(C)nn2C)CC1. The highest BCUT2D eigenvalue weighted by atomic mass is 79.9. The summed E-state index contributed by atoms with van der Waals surface area (Å²) < 4.78 is 3.11. The van der Waals surface area contributed by atoms with Crippen molar-refractivity contribution >= 4 is 15.9 Å². The van der Waals surface area contributed by atoms with Gasteiger partial charge in [0.2, 0.25) is 0 Å². The van der Waals surface area contributed by atoms with E-state index in [2.05, 4.69) is 38.2 Å². The standard InChI is InChI=1S/C14H25BrN4/c1-4-19-7-5-12(6-8-19)9-16-10-13-14(15)11(2)17-18(13)3/h12,16H,4-10H2,1-3H3. The molecule has 0 bridgehead atoms. The molecule has 1 fully saturated rings. The number of piperidine rings is 1. The summed E-state index contributed by atoms with van der Waals surface area (Å²) in [4.78, 5) is 2.54. The van der Waals surface area contributed by atoms with Gasteiger partial charge >= 0.3 is 0 Å². The van der Waals surface area contributed by atoms with Crippen molar-refractivity contribution in [3.8, 4) is 0 Å². The van der Waals surface area contributed by atoms with Crippen molar-refractivity contribution in [2.75, 3.05) is 26.2 Å². The van der Waals surface area contributed by atoms with Crippen LogP contribution in [0.2, 0.25) is 0 Å². The van der Waals surface area contributed by atoms with Gasteiger partial charge in [-0.2, -0.15) is 5.10 Å². The minimum atomic E-state index is 0.830. The number of hydrogen-bond acceptors (Lipinski definition) is 3.